The highest BCUT2D eigenvalue weighted by molar-refractivity contribution is 14.1. The third-order valence-corrected chi connectivity index (χ3v) is 2.83. The lowest BCUT2D eigenvalue weighted by Gasteiger charge is -2.25. The zero-order valence-electron chi connectivity index (χ0n) is 10.7. The van der Waals surface area contributed by atoms with Gasteiger partial charge < -0.3 is 4.74 Å². The van der Waals surface area contributed by atoms with Crippen LogP contribution in [0.1, 0.15) is 20.8 Å². The largest absolute Gasteiger partial charge is 0.443 e. The van der Waals surface area contributed by atoms with Gasteiger partial charge in [0.1, 0.15) is 5.60 Å². The molecular formula is C14H16INO2. The van der Waals surface area contributed by atoms with Crippen LogP contribution in [0.25, 0.3) is 0 Å². The van der Waals surface area contributed by atoms with Crippen molar-refractivity contribution < 1.29 is 9.53 Å². The normalized spacial score (nSPS) is 10.4. The van der Waals surface area contributed by atoms with Crippen molar-refractivity contribution in [1.82, 2.24) is 0 Å². The summed E-state index contributed by atoms with van der Waals surface area (Å²) in [5.74, 6) is 0. The van der Waals surface area contributed by atoms with Crippen LogP contribution < -0.4 is 4.90 Å². The molecule has 1 aromatic rings. The van der Waals surface area contributed by atoms with Crippen LogP contribution in [0.4, 0.5) is 10.5 Å². The molecular weight excluding hydrogens is 341 g/mol. The van der Waals surface area contributed by atoms with Crippen LogP contribution in [0.3, 0.4) is 0 Å². The summed E-state index contributed by atoms with van der Waals surface area (Å²) in [7, 11) is 0. The molecule has 0 aliphatic rings. The topological polar surface area (TPSA) is 29.5 Å². The highest BCUT2D eigenvalue weighted by Crippen LogP contribution is 2.24. The van der Waals surface area contributed by atoms with Crippen molar-refractivity contribution in [2.75, 3.05) is 4.90 Å². The number of ether oxygens (including phenoxy) is 1. The molecule has 0 heterocycles. The van der Waals surface area contributed by atoms with Gasteiger partial charge in [-0.15, -0.1) is 5.73 Å². The van der Waals surface area contributed by atoms with Crippen molar-refractivity contribution in [3.05, 3.63) is 46.3 Å². The molecule has 0 spiro atoms. The second kappa shape index (κ2) is 6.07. The summed E-state index contributed by atoms with van der Waals surface area (Å²) in [5, 5.41) is 0. The number of nitrogens with zero attached hydrogens (tertiary/aromatic N) is 1. The fourth-order valence-corrected chi connectivity index (χ4v) is 1.92. The predicted molar refractivity (Wildman–Crippen MR) is 81.6 cm³/mol. The van der Waals surface area contributed by atoms with Gasteiger partial charge in [-0.3, -0.25) is 0 Å². The Balaban J connectivity index is 3.08. The molecule has 18 heavy (non-hydrogen) atoms. The Bertz CT molecular complexity index is 485. The van der Waals surface area contributed by atoms with Crippen LogP contribution in [0.5, 0.6) is 0 Å². The monoisotopic (exact) mass is 357 g/mol. The molecule has 0 aliphatic carbocycles. The van der Waals surface area contributed by atoms with Gasteiger partial charge in [-0.1, -0.05) is 18.7 Å². The molecule has 0 saturated carbocycles. The van der Waals surface area contributed by atoms with Crippen molar-refractivity contribution in [2.45, 2.75) is 26.4 Å². The van der Waals surface area contributed by atoms with Gasteiger partial charge in [-0.2, -0.15) is 0 Å². The molecule has 0 N–H and O–H groups in total. The average Bonchev–Trinajstić information content (AvgIpc) is 2.24. The van der Waals surface area contributed by atoms with Crippen LogP contribution in [0.15, 0.2) is 42.8 Å². The molecule has 0 atom stereocenters. The molecule has 0 aromatic heterocycles. The molecule has 1 rings (SSSR count). The first-order valence-electron chi connectivity index (χ1n) is 5.48. The minimum atomic E-state index is -0.537. The fourth-order valence-electron chi connectivity index (χ4n) is 1.27. The SMILES string of the molecule is C=C=CN(C(=O)OC(C)(C)C)c1ccccc1I. The van der Waals surface area contributed by atoms with Crippen molar-refractivity contribution in [3.63, 3.8) is 0 Å². The Hall–Kier alpha value is -1.26. The van der Waals surface area contributed by atoms with E-state index in [9.17, 15) is 4.79 Å². The second-order valence-corrected chi connectivity index (χ2v) is 5.80. The van der Waals surface area contributed by atoms with Gasteiger partial charge >= 0.3 is 6.09 Å². The molecule has 1 aromatic carbocycles. The Morgan fingerprint density at radius 3 is 2.56 bits per heavy atom. The number of benzene rings is 1. The van der Waals surface area contributed by atoms with Gasteiger partial charge in [0, 0.05) is 3.57 Å². The maximum Gasteiger partial charge on any atom is 0.419 e. The molecule has 0 aliphatic heterocycles. The lowest BCUT2D eigenvalue weighted by Crippen LogP contribution is -2.33. The standard InChI is InChI=1S/C14H16INO2/c1-5-10-16(13(17)18-14(2,3)4)12-9-7-6-8-11(12)15/h6-10H,1H2,2-4H3. The summed E-state index contributed by atoms with van der Waals surface area (Å²) in [6.07, 6.45) is 1.04. The van der Waals surface area contributed by atoms with Crippen molar-refractivity contribution in [1.29, 1.82) is 0 Å². The summed E-state index contributed by atoms with van der Waals surface area (Å²) in [5.41, 5.74) is 2.82. The van der Waals surface area contributed by atoms with Gasteiger partial charge in [0.05, 0.1) is 11.9 Å². The van der Waals surface area contributed by atoms with Crippen LogP contribution in [-0.2, 0) is 4.74 Å². The first-order chi connectivity index (χ1) is 8.35. The third kappa shape index (κ3) is 4.20. The third-order valence-electron chi connectivity index (χ3n) is 1.92. The number of anilines is 1. The molecule has 1 amide bonds. The minimum absolute atomic E-state index is 0.442. The lowest BCUT2D eigenvalue weighted by molar-refractivity contribution is 0.0596. The number of hydrogen-bond acceptors (Lipinski definition) is 2. The number of rotatable bonds is 2. The van der Waals surface area contributed by atoms with Gasteiger partial charge in [0.15, 0.2) is 0 Å². The molecule has 96 valence electrons. The highest BCUT2D eigenvalue weighted by Gasteiger charge is 2.22. The van der Waals surface area contributed by atoms with Gasteiger partial charge in [0.2, 0.25) is 0 Å². The van der Waals surface area contributed by atoms with E-state index >= 15 is 0 Å². The smallest absolute Gasteiger partial charge is 0.419 e. The summed E-state index contributed by atoms with van der Waals surface area (Å²) < 4.78 is 6.30. The molecule has 0 saturated heterocycles. The van der Waals surface area contributed by atoms with E-state index in [0.29, 0.717) is 0 Å². The quantitative estimate of drug-likeness (QED) is 0.582. The predicted octanol–water partition coefficient (Wildman–Crippen LogP) is 4.33. The van der Waals surface area contributed by atoms with Crippen molar-refractivity contribution in [2.24, 2.45) is 0 Å². The van der Waals surface area contributed by atoms with Gasteiger partial charge in [-0.05, 0) is 55.5 Å². The molecule has 0 unspecified atom stereocenters. The van der Waals surface area contributed by atoms with E-state index in [1.54, 1.807) is 0 Å². The lowest BCUT2D eigenvalue weighted by atomic mass is 10.2. The van der Waals surface area contributed by atoms with Crippen molar-refractivity contribution >= 4 is 34.4 Å². The molecule has 3 nitrogen and oxygen atoms in total. The summed E-state index contributed by atoms with van der Waals surface area (Å²) in [6, 6.07) is 7.55. The van der Waals surface area contributed by atoms with Crippen LogP contribution in [0.2, 0.25) is 0 Å². The number of halogens is 1. The number of carbonyl (C=O) groups is 1. The van der Waals surface area contributed by atoms with Gasteiger partial charge in [0.25, 0.3) is 0 Å². The van der Waals surface area contributed by atoms with Crippen LogP contribution in [0, 0.1) is 3.57 Å². The van der Waals surface area contributed by atoms with E-state index in [4.69, 9.17) is 4.74 Å². The van der Waals surface area contributed by atoms with Crippen LogP contribution in [-0.4, -0.2) is 11.7 Å². The van der Waals surface area contributed by atoms with E-state index in [1.165, 1.54) is 11.1 Å². The summed E-state index contributed by atoms with van der Waals surface area (Å²) in [6.45, 7) is 8.99. The maximum atomic E-state index is 12.1. The van der Waals surface area contributed by atoms with Crippen LogP contribution >= 0.6 is 22.6 Å². The van der Waals surface area contributed by atoms with Gasteiger partial charge in [-0.25, -0.2) is 9.69 Å². The highest BCUT2D eigenvalue weighted by atomic mass is 127. The first kappa shape index (κ1) is 14.8. The van der Waals surface area contributed by atoms with E-state index in [-0.39, 0.29) is 0 Å². The Kier molecular flexibility index (Phi) is 4.99. The molecule has 0 radical (unpaired) electrons. The van der Waals surface area contributed by atoms with Crippen molar-refractivity contribution in [3.8, 4) is 0 Å². The summed E-state index contributed by atoms with van der Waals surface area (Å²) >= 11 is 2.17. The zero-order chi connectivity index (χ0) is 13.8. The maximum absolute atomic E-state index is 12.1. The molecule has 0 fully saturated rings. The van der Waals surface area contributed by atoms with E-state index in [0.717, 1.165) is 9.26 Å². The second-order valence-electron chi connectivity index (χ2n) is 4.63. The molecule has 4 heteroatoms. The average molecular weight is 357 g/mol. The fraction of sp³-hybridized carbons (Fsp3) is 0.286. The molecule has 0 bridgehead atoms. The Labute approximate surface area is 121 Å². The Morgan fingerprint density at radius 2 is 2.06 bits per heavy atom. The number of amides is 1. The number of hydrogen-bond donors (Lipinski definition) is 0. The van der Waals surface area contributed by atoms with E-state index in [1.807, 2.05) is 45.0 Å². The summed E-state index contributed by atoms with van der Waals surface area (Å²) in [4.78, 5) is 13.5. The van der Waals surface area contributed by atoms with E-state index < -0.39 is 11.7 Å². The van der Waals surface area contributed by atoms with E-state index in [2.05, 4.69) is 34.9 Å². The zero-order valence-corrected chi connectivity index (χ0v) is 12.9. The Morgan fingerprint density at radius 1 is 1.44 bits per heavy atom. The number of para-hydroxylation sites is 1. The number of carbonyl (C=O) groups excluding carboxylic acids is 1. The minimum Gasteiger partial charge on any atom is -0.443 e. The first-order valence-corrected chi connectivity index (χ1v) is 6.56.